The molecule has 0 saturated heterocycles. The van der Waals surface area contributed by atoms with Gasteiger partial charge in [0, 0.05) is 29.8 Å². The molecular formula is C13H19N3O3S. The zero-order chi connectivity index (χ0) is 15.0. The average molecular weight is 297 g/mol. The summed E-state index contributed by atoms with van der Waals surface area (Å²) in [5.41, 5.74) is 6.60. The molecule has 1 amide bonds. The molecule has 0 unspecified atom stereocenters. The van der Waals surface area contributed by atoms with Crippen LogP contribution < -0.4 is 11.1 Å². The maximum atomic E-state index is 11.7. The van der Waals surface area contributed by atoms with Crippen molar-refractivity contribution in [3.05, 3.63) is 29.8 Å². The Morgan fingerprint density at radius 1 is 1.45 bits per heavy atom. The van der Waals surface area contributed by atoms with Gasteiger partial charge in [0.1, 0.15) is 0 Å². The molecule has 110 valence electrons. The second kappa shape index (κ2) is 7.64. The van der Waals surface area contributed by atoms with Crippen molar-refractivity contribution in [2.24, 2.45) is 4.99 Å². The molecule has 1 aromatic carbocycles. The summed E-state index contributed by atoms with van der Waals surface area (Å²) in [4.78, 5) is 15.7. The lowest BCUT2D eigenvalue weighted by Crippen LogP contribution is -2.26. The Morgan fingerprint density at radius 2 is 2.20 bits per heavy atom. The van der Waals surface area contributed by atoms with Crippen LogP contribution in [0.15, 0.2) is 29.3 Å². The lowest BCUT2D eigenvalue weighted by atomic mass is 10.2. The molecule has 20 heavy (non-hydrogen) atoms. The van der Waals surface area contributed by atoms with Crippen molar-refractivity contribution < 1.29 is 13.2 Å². The van der Waals surface area contributed by atoms with Crippen LogP contribution in [0.3, 0.4) is 0 Å². The van der Waals surface area contributed by atoms with Crippen molar-refractivity contribution in [2.75, 3.05) is 30.3 Å². The summed E-state index contributed by atoms with van der Waals surface area (Å²) in [6.07, 6.45) is 1.37. The first-order valence-corrected chi connectivity index (χ1v) is 8.09. The van der Waals surface area contributed by atoms with Crippen molar-refractivity contribution in [3.63, 3.8) is 0 Å². The number of anilines is 1. The van der Waals surface area contributed by atoms with Crippen LogP contribution in [-0.2, 0) is 9.84 Å². The first-order valence-electron chi connectivity index (χ1n) is 6.27. The van der Waals surface area contributed by atoms with Gasteiger partial charge in [0.2, 0.25) is 0 Å². The maximum absolute atomic E-state index is 11.7. The van der Waals surface area contributed by atoms with Crippen molar-refractivity contribution >= 4 is 27.6 Å². The number of rotatable bonds is 7. The van der Waals surface area contributed by atoms with E-state index in [-0.39, 0.29) is 17.4 Å². The fraction of sp³-hybridized carbons (Fsp3) is 0.385. The molecule has 0 bridgehead atoms. The zero-order valence-corrected chi connectivity index (χ0v) is 12.2. The van der Waals surface area contributed by atoms with Crippen molar-refractivity contribution in [2.45, 2.75) is 6.92 Å². The number of nitrogens with one attached hydrogen (secondary N) is 1. The van der Waals surface area contributed by atoms with Gasteiger partial charge in [-0.3, -0.25) is 9.79 Å². The third-order valence-corrected chi connectivity index (χ3v) is 4.11. The van der Waals surface area contributed by atoms with Crippen LogP contribution in [0.25, 0.3) is 0 Å². The number of aliphatic imine (C=N–C) groups is 1. The van der Waals surface area contributed by atoms with E-state index in [2.05, 4.69) is 10.3 Å². The Bertz CT molecular complexity index is 582. The monoisotopic (exact) mass is 297 g/mol. The molecule has 1 aromatic rings. The van der Waals surface area contributed by atoms with Gasteiger partial charge in [0.05, 0.1) is 12.3 Å². The van der Waals surface area contributed by atoms with Gasteiger partial charge >= 0.3 is 0 Å². The van der Waals surface area contributed by atoms with E-state index in [1.54, 1.807) is 31.2 Å². The smallest absolute Gasteiger partial charge is 0.251 e. The summed E-state index contributed by atoms with van der Waals surface area (Å²) in [5, 5.41) is 2.68. The Kier molecular flexibility index (Phi) is 6.17. The van der Waals surface area contributed by atoms with Gasteiger partial charge in [0.15, 0.2) is 9.84 Å². The van der Waals surface area contributed by atoms with Gasteiger partial charge < -0.3 is 11.1 Å². The van der Waals surface area contributed by atoms with E-state index in [0.29, 0.717) is 24.3 Å². The molecule has 1 rings (SSSR count). The fourth-order valence-electron chi connectivity index (χ4n) is 1.39. The highest BCUT2D eigenvalue weighted by Gasteiger charge is 2.05. The second-order valence-electron chi connectivity index (χ2n) is 4.17. The number of carbonyl (C=O) groups is 1. The molecule has 0 saturated carbocycles. The molecule has 7 heteroatoms. The number of nitrogens with zero attached hydrogens (tertiary/aromatic N) is 1. The fourth-order valence-corrected chi connectivity index (χ4v) is 1.96. The highest BCUT2D eigenvalue weighted by molar-refractivity contribution is 7.91. The Hall–Kier alpha value is -1.89. The van der Waals surface area contributed by atoms with Crippen molar-refractivity contribution in [1.82, 2.24) is 5.32 Å². The standard InChI is InChI=1S/C13H19N3O3S/c1-2-20(18,19)9-8-15-6-7-16-13(17)11-4-3-5-12(14)10-11/h3-5,8,10H,2,6-7,9,14H2,1H3,(H,16,17). The van der Waals surface area contributed by atoms with E-state index in [4.69, 9.17) is 5.73 Å². The van der Waals surface area contributed by atoms with Crippen molar-refractivity contribution in [1.29, 1.82) is 0 Å². The zero-order valence-electron chi connectivity index (χ0n) is 11.4. The van der Waals surface area contributed by atoms with E-state index >= 15 is 0 Å². The van der Waals surface area contributed by atoms with Gasteiger partial charge in [-0.25, -0.2) is 8.42 Å². The highest BCUT2D eigenvalue weighted by Crippen LogP contribution is 2.05. The Morgan fingerprint density at radius 3 is 2.85 bits per heavy atom. The minimum Gasteiger partial charge on any atom is -0.399 e. The van der Waals surface area contributed by atoms with Gasteiger partial charge in [-0.2, -0.15) is 0 Å². The third kappa shape index (κ3) is 5.83. The SMILES string of the molecule is CCS(=O)(=O)CC=NCCNC(=O)c1cccc(N)c1. The number of carbonyl (C=O) groups excluding carboxylic acids is 1. The average Bonchev–Trinajstić information content (AvgIpc) is 2.42. The minimum atomic E-state index is -3.02. The van der Waals surface area contributed by atoms with Crippen molar-refractivity contribution in [3.8, 4) is 0 Å². The number of sulfone groups is 1. The number of nitrogens with two attached hydrogens (primary N) is 1. The predicted molar refractivity (Wildman–Crippen MR) is 80.9 cm³/mol. The van der Waals surface area contributed by atoms with Gasteiger partial charge in [-0.1, -0.05) is 13.0 Å². The van der Waals surface area contributed by atoms with E-state index in [0.717, 1.165) is 0 Å². The predicted octanol–water partition coefficient (Wildman–Crippen LogP) is 0.504. The van der Waals surface area contributed by atoms with Crippen LogP contribution in [0.2, 0.25) is 0 Å². The summed E-state index contributed by atoms with van der Waals surface area (Å²) < 4.78 is 22.4. The first-order chi connectivity index (χ1) is 9.44. The minimum absolute atomic E-state index is 0.0628. The largest absolute Gasteiger partial charge is 0.399 e. The van der Waals surface area contributed by atoms with Gasteiger partial charge in [-0.05, 0) is 18.2 Å². The first kappa shape index (κ1) is 16.2. The normalized spacial score (nSPS) is 11.7. The summed E-state index contributed by atoms with van der Waals surface area (Å²) in [5.74, 6) is -0.189. The highest BCUT2D eigenvalue weighted by atomic mass is 32.2. The molecule has 0 radical (unpaired) electrons. The summed E-state index contributed by atoms with van der Waals surface area (Å²) in [6.45, 7) is 2.28. The van der Waals surface area contributed by atoms with Crippen LogP contribution in [-0.4, -0.2) is 45.1 Å². The number of nitrogen functional groups attached to an aromatic ring is 1. The lowest BCUT2D eigenvalue weighted by molar-refractivity contribution is 0.0955. The number of benzene rings is 1. The molecule has 0 aliphatic heterocycles. The lowest BCUT2D eigenvalue weighted by Gasteiger charge is -2.04. The van der Waals surface area contributed by atoms with Gasteiger partial charge in [-0.15, -0.1) is 0 Å². The Balaban J connectivity index is 2.31. The summed E-state index contributed by atoms with van der Waals surface area (Å²) >= 11 is 0. The van der Waals surface area contributed by atoms with Gasteiger partial charge in [0.25, 0.3) is 5.91 Å². The summed E-state index contributed by atoms with van der Waals surface area (Å²) in [7, 11) is -3.02. The van der Waals surface area contributed by atoms with Crippen LogP contribution in [0.5, 0.6) is 0 Å². The molecule has 0 heterocycles. The summed E-state index contributed by atoms with van der Waals surface area (Å²) in [6, 6.07) is 6.67. The molecule has 6 nitrogen and oxygen atoms in total. The quantitative estimate of drug-likeness (QED) is 0.435. The molecule has 0 fully saturated rings. The van der Waals surface area contributed by atoms with Crippen LogP contribution >= 0.6 is 0 Å². The molecule has 0 aromatic heterocycles. The molecule has 0 spiro atoms. The maximum Gasteiger partial charge on any atom is 0.251 e. The van der Waals surface area contributed by atoms with Crippen LogP contribution in [0, 0.1) is 0 Å². The molecular weight excluding hydrogens is 278 g/mol. The van der Waals surface area contributed by atoms with E-state index in [1.165, 1.54) is 6.21 Å². The molecule has 0 aliphatic rings. The van der Waals surface area contributed by atoms with E-state index in [1.807, 2.05) is 0 Å². The second-order valence-corrected chi connectivity index (χ2v) is 6.57. The van der Waals surface area contributed by atoms with E-state index < -0.39 is 9.84 Å². The molecule has 0 aliphatic carbocycles. The number of hydrogen-bond donors (Lipinski definition) is 2. The number of amides is 1. The Labute approximate surface area is 119 Å². The topological polar surface area (TPSA) is 102 Å². The molecule has 3 N–H and O–H groups in total. The molecule has 0 atom stereocenters. The number of hydrogen-bond acceptors (Lipinski definition) is 5. The van der Waals surface area contributed by atoms with Crippen LogP contribution in [0.4, 0.5) is 5.69 Å². The van der Waals surface area contributed by atoms with Crippen LogP contribution in [0.1, 0.15) is 17.3 Å². The van der Waals surface area contributed by atoms with E-state index in [9.17, 15) is 13.2 Å². The third-order valence-electron chi connectivity index (χ3n) is 2.57.